The summed E-state index contributed by atoms with van der Waals surface area (Å²) in [6.45, 7) is 1.84. The number of amides is 1. The number of esters is 1. The Bertz CT molecular complexity index is 1210. The van der Waals surface area contributed by atoms with Crippen LogP contribution in [0.2, 0.25) is 0 Å². The van der Waals surface area contributed by atoms with Crippen LogP contribution in [0.3, 0.4) is 0 Å². The van der Waals surface area contributed by atoms with E-state index in [1.165, 1.54) is 17.9 Å². The highest BCUT2D eigenvalue weighted by Gasteiger charge is 2.57. The number of hydrogen-bond acceptors (Lipinski definition) is 4. The first-order chi connectivity index (χ1) is 16.5. The van der Waals surface area contributed by atoms with Gasteiger partial charge < -0.3 is 15.0 Å². The molecule has 10 heteroatoms. The molecule has 2 fully saturated rings. The average molecular weight is 494 g/mol. The summed E-state index contributed by atoms with van der Waals surface area (Å²) in [5.74, 6) is -4.51. The van der Waals surface area contributed by atoms with Gasteiger partial charge in [0.25, 0.3) is 0 Å². The lowest BCUT2D eigenvalue weighted by atomic mass is 9.75. The van der Waals surface area contributed by atoms with Gasteiger partial charge in [0.15, 0.2) is 17.2 Å². The molecule has 1 aliphatic carbocycles. The molecule has 5 rings (SSSR count). The molecule has 1 unspecified atom stereocenters. The van der Waals surface area contributed by atoms with Crippen molar-refractivity contribution in [2.24, 2.45) is 5.92 Å². The fourth-order valence-corrected chi connectivity index (χ4v) is 5.25. The van der Waals surface area contributed by atoms with Crippen molar-refractivity contribution in [1.82, 2.24) is 10.2 Å². The molecule has 3 aliphatic rings. The minimum atomic E-state index is -4.52. The Labute approximate surface area is 198 Å². The van der Waals surface area contributed by atoms with E-state index >= 15 is 0 Å². The van der Waals surface area contributed by atoms with Crippen LogP contribution in [0.15, 0.2) is 30.3 Å². The summed E-state index contributed by atoms with van der Waals surface area (Å²) in [7, 11) is 0. The molecule has 5 nitrogen and oxygen atoms in total. The van der Waals surface area contributed by atoms with Gasteiger partial charge in [-0.05, 0) is 55.6 Å². The largest absolute Gasteiger partial charge is 0.450 e. The van der Waals surface area contributed by atoms with E-state index in [9.17, 15) is 31.5 Å². The van der Waals surface area contributed by atoms with E-state index in [1.54, 1.807) is 6.07 Å². The number of nitrogens with zero attached hydrogens (tertiary/aromatic N) is 1. The Kier molecular flexibility index (Phi) is 5.62. The van der Waals surface area contributed by atoms with E-state index in [2.05, 4.69) is 5.32 Å². The number of ether oxygens (including phenoxy) is 1. The van der Waals surface area contributed by atoms with E-state index in [4.69, 9.17) is 4.74 Å². The molecule has 2 heterocycles. The summed E-state index contributed by atoms with van der Waals surface area (Å²) in [4.78, 5) is 28.0. The minimum Gasteiger partial charge on any atom is -0.450 e. The van der Waals surface area contributed by atoms with Gasteiger partial charge in [0, 0.05) is 31.1 Å². The Morgan fingerprint density at radius 1 is 1.20 bits per heavy atom. The number of rotatable bonds is 4. The normalized spacial score (nSPS) is 23.8. The molecule has 0 aromatic heterocycles. The molecule has 186 valence electrons. The van der Waals surface area contributed by atoms with Crippen molar-refractivity contribution in [3.8, 4) is 0 Å². The number of piperidine rings is 1. The molecule has 0 radical (unpaired) electrons. The molecule has 1 spiro atoms. The summed E-state index contributed by atoms with van der Waals surface area (Å²) in [6, 6.07) is 5.43. The van der Waals surface area contributed by atoms with Gasteiger partial charge in [-0.2, -0.15) is 13.2 Å². The topological polar surface area (TPSA) is 58.6 Å². The van der Waals surface area contributed by atoms with Crippen molar-refractivity contribution in [3.05, 3.63) is 69.8 Å². The second-order valence-electron chi connectivity index (χ2n) is 9.38. The standard InChI is InChI=1S/C25H23F5N2O3/c1-13-14(3-2-4-17(13)25(28,29)30)12-32(15-5-6-15)22(33)19-11-31-8-7-24(19)18-10-21(27)20(26)9-16(18)23(34)35-24/h2-4,9-10,15,19,31H,5-8,11-12H2,1H3/t19?,24-/m0/s1. The van der Waals surface area contributed by atoms with Crippen LogP contribution in [0, 0.1) is 24.5 Å². The maximum absolute atomic E-state index is 14.2. The number of hydrogen-bond donors (Lipinski definition) is 1. The SMILES string of the molecule is Cc1c(CN(C(=O)C2CNCC[C@@]23OC(=O)c2cc(F)c(F)cc23)C2CC2)cccc1C(F)(F)F. The number of carbonyl (C=O) groups is 2. The van der Waals surface area contributed by atoms with Gasteiger partial charge >= 0.3 is 12.1 Å². The third-order valence-electron chi connectivity index (χ3n) is 7.26. The molecular formula is C25H23F5N2O3. The molecule has 2 atom stereocenters. The van der Waals surface area contributed by atoms with Gasteiger partial charge in [0.05, 0.1) is 17.0 Å². The van der Waals surface area contributed by atoms with Crippen molar-refractivity contribution < 1.29 is 36.3 Å². The Balaban J connectivity index is 1.51. The molecular weight excluding hydrogens is 471 g/mol. The smallest absolute Gasteiger partial charge is 0.416 e. The molecule has 35 heavy (non-hydrogen) atoms. The quantitative estimate of drug-likeness (QED) is 0.504. The fraction of sp³-hybridized carbons (Fsp3) is 0.440. The average Bonchev–Trinajstić information content (AvgIpc) is 3.60. The van der Waals surface area contributed by atoms with Gasteiger partial charge in [-0.25, -0.2) is 13.6 Å². The zero-order valence-electron chi connectivity index (χ0n) is 18.8. The van der Waals surface area contributed by atoms with Crippen LogP contribution in [0.4, 0.5) is 22.0 Å². The second-order valence-corrected chi connectivity index (χ2v) is 9.38. The lowest BCUT2D eigenvalue weighted by Gasteiger charge is -2.42. The summed E-state index contributed by atoms with van der Waals surface area (Å²) in [5.41, 5.74) is -1.80. The molecule has 1 amide bonds. The predicted molar refractivity (Wildman–Crippen MR) is 114 cm³/mol. The molecule has 2 aromatic carbocycles. The van der Waals surface area contributed by atoms with Crippen molar-refractivity contribution >= 4 is 11.9 Å². The van der Waals surface area contributed by atoms with E-state index in [-0.39, 0.29) is 42.2 Å². The highest BCUT2D eigenvalue weighted by molar-refractivity contribution is 5.96. The number of carbonyl (C=O) groups excluding carboxylic acids is 2. The number of benzene rings is 2. The van der Waals surface area contributed by atoms with Crippen molar-refractivity contribution in [1.29, 1.82) is 0 Å². The van der Waals surface area contributed by atoms with Crippen LogP contribution in [-0.2, 0) is 27.9 Å². The zero-order chi connectivity index (χ0) is 25.1. The molecule has 2 aliphatic heterocycles. The van der Waals surface area contributed by atoms with Crippen molar-refractivity contribution in [3.63, 3.8) is 0 Å². The highest BCUT2D eigenvalue weighted by Crippen LogP contribution is 2.48. The zero-order valence-corrected chi connectivity index (χ0v) is 18.8. The lowest BCUT2D eigenvalue weighted by molar-refractivity contribution is -0.149. The van der Waals surface area contributed by atoms with Crippen LogP contribution >= 0.6 is 0 Å². The Hall–Kier alpha value is -3.01. The fourth-order valence-electron chi connectivity index (χ4n) is 5.25. The summed E-state index contributed by atoms with van der Waals surface area (Å²) < 4.78 is 74.0. The van der Waals surface area contributed by atoms with Gasteiger partial charge in [-0.1, -0.05) is 12.1 Å². The Morgan fingerprint density at radius 3 is 2.60 bits per heavy atom. The van der Waals surface area contributed by atoms with Crippen LogP contribution < -0.4 is 5.32 Å². The first-order valence-electron chi connectivity index (χ1n) is 11.4. The molecule has 1 saturated heterocycles. The summed E-state index contributed by atoms with van der Waals surface area (Å²) >= 11 is 0. The summed E-state index contributed by atoms with van der Waals surface area (Å²) in [5, 5.41) is 3.10. The van der Waals surface area contributed by atoms with Gasteiger partial charge in [0.2, 0.25) is 5.91 Å². The van der Waals surface area contributed by atoms with E-state index in [0.29, 0.717) is 24.9 Å². The summed E-state index contributed by atoms with van der Waals surface area (Å²) in [6.07, 6.45) is -2.94. The number of nitrogens with one attached hydrogen (secondary N) is 1. The van der Waals surface area contributed by atoms with E-state index in [1.807, 2.05) is 0 Å². The Morgan fingerprint density at radius 2 is 1.91 bits per heavy atom. The van der Waals surface area contributed by atoms with Crippen molar-refractivity contribution in [2.45, 2.75) is 50.6 Å². The molecule has 1 saturated carbocycles. The van der Waals surface area contributed by atoms with Gasteiger partial charge in [-0.3, -0.25) is 4.79 Å². The highest BCUT2D eigenvalue weighted by atomic mass is 19.4. The monoisotopic (exact) mass is 494 g/mol. The first kappa shape index (κ1) is 23.7. The van der Waals surface area contributed by atoms with Crippen molar-refractivity contribution in [2.75, 3.05) is 13.1 Å². The second kappa shape index (κ2) is 8.29. The first-order valence-corrected chi connectivity index (χ1v) is 11.4. The van der Waals surface area contributed by atoms with Crippen LogP contribution in [0.25, 0.3) is 0 Å². The number of alkyl halides is 3. The maximum Gasteiger partial charge on any atom is 0.416 e. The minimum absolute atomic E-state index is 0.0373. The third kappa shape index (κ3) is 3.97. The van der Waals surface area contributed by atoms with Crippen LogP contribution in [0.5, 0.6) is 0 Å². The van der Waals surface area contributed by atoms with Gasteiger partial charge in [0.1, 0.15) is 0 Å². The van der Waals surface area contributed by atoms with Gasteiger partial charge in [-0.15, -0.1) is 0 Å². The molecule has 1 N–H and O–H groups in total. The number of fused-ring (bicyclic) bond motifs is 2. The molecule has 0 bridgehead atoms. The predicted octanol–water partition coefficient (Wildman–Crippen LogP) is 4.46. The third-order valence-corrected chi connectivity index (χ3v) is 7.26. The number of halogens is 5. The van der Waals surface area contributed by atoms with E-state index in [0.717, 1.165) is 18.2 Å². The molecule has 2 aromatic rings. The maximum atomic E-state index is 14.2. The van der Waals surface area contributed by atoms with Crippen LogP contribution in [-0.4, -0.2) is 35.9 Å². The lowest BCUT2D eigenvalue weighted by Crippen LogP contribution is -2.55. The van der Waals surface area contributed by atoms with E-state index < -0.39 is 46.8 Å². The van der Waals surface area contributed by atoms with Crippen LogP contribution in [0.1, 0.15) is 51.9 Å².